The number of amides is 1. The summed E-state index contributed by atoms with van der Waals surface area (Å²) in [5, 5.41) is 13.2. The van der Waals surface area contributed by atoms with Gasteiger partial charge in [0.25, 0.3) is 11.5 Å². The maximum atomic E-state index is 15.2. The van der Waals surface area contributed by atoms with Crippen LogP contribution in [0.2, 0.25) is 0 Å². The highest BCUT2D eigenvalue weighted by Crippen LogP contribution is 2.37. The van der Waals surface area contributed by atoms with E-state index in [9.17, 15) is 14.7 Å². The van der Waals surface area contributed by atoms with Crippen LogP contribution in [0.3, 0.4) is 0 Å². The van der Waals surface area contributed by atoms with Gasteiger partial charge in [-0.05, 0) is 50.2 Å². The molecule has 42 heavy (non-hydrogen) atoms. The molecule has 0 saturated carbocycles. The van der Waals surface area contributed by atoms with Crippen LogP contribution in [0.25, 0.3) is 16.6 Å². The van der Waals surface area contributed by atoms with Crippen molar-refractivity contribution in [1.82, 2.24) is 14.3 Å². The number of nitrogens with one attached hydrogen (secondary N) is 1. The average Bonchev–Trinajstić information content (AvgIpc) is 3.22. The number of fused-ring (bicyclic) bond motifs is 1. The summed E-state index contributed by atoms with van der Waals surface area (Å²) < 4.78 is 34.7. The van der Waals surface area contributed by atoms with Crippen molar-refractivity contribution in [3.63, 3.8) is 0 Å². The molecule has 1 amide bonds. The Balaban J connectivity index is 1.43. The highest BCUT2D eigenvalue weighted by molar-refractivity contribution is 6.05. The SMILES string of the molecule is COc1cc2nccc(Oc3ccc(NC(=O)c4c(C)n(CC(C)O)n(-c5ccccc5)c4=O)cc3F)c2cc1OC. The van der Waals surface area contributed by atoms with Crippen molar-refractivity contribution < 1.29 is 28.5 Å². The number of carbonyl (C=O) groups is 1. The number of methoxy groups -OCH3 is 2. The molecule has 2 aromatic heterocycles. The molecule has 0 bridgehead atoms. The van der Waals surface area contributed by atoms with Gasteiger partial charge in [-0.2, -0.15) is 0 Å². The molecule has 5 rings (SSSR count). The molecular weight excluding hydrogens is 543 g/mol. The molecule has 0 radical (unpaired) electrons. The van der Waals surface area contributed by atoms with E-state index in [1.807, 2.05) is 6.07 Å². The van der Waals surface area contributed by atoms with Gasteiger partial charge in [-0.25, -0.2) is 9.07 Å². The minimum atomic E-state index is -0.774. The van der Waals surface area contributed by atoms with Crippen LogP contribution >= 0.6 is 0 Å². The number of anilines is 1. The lowest BCUT2D eigenvalue weighted by atomic mass is 10.1. The number of aromatic nitrogens is 3. The smallest absolute Gasteiger partial charge is 0.284 e. The Labute approximate surface area is 240 Å². The van der Waals surface area contributed by atoms with Gasteiger partial charge >= 0.3 is 0 Å². The van der Waals surface area contributed by atoms with Crippen LogP contribution in [-0.2, 0) is 6.54 Å². The number of para-hydroxylation sites is 1. The Bertz CT molecular complexity index is 1830. The number of ether oxygens (including phenoxy) is 3. The van der Waals surface area contributed by atoms with Crippen molar-refractivity contribution >= 4 is 22.5 Å². The fourth-order valence-corrected chi connectivity index (χ4v) is 4.72. The lowest BCUT2D eigenvalue weighted by Gasteiger charge is -2.15. The predicted molar refractivity (Wildman–Crippen MR) is 156 cm³/mol. The van der Waals surface area contributed by atoms with Crippen molar-refractivity contribution in [3.8, 4) is 28.7 Å². The molecule has 0 saturated heterocycles. The minimum Gasteiger partial charge on any atom is -0.493 e. The van der Waals surface area contributed by atoms with E-state index in [2.05, 4.69) is 10.3 Å². The molecule has 2 N–H and O–H groups in total. The van der Waals surface area contributed by atoms with Gasteiger partial charge in [0.15, 0.2) is 23.1 Å². The first kappa shape index (κ1) is 28.4. The summed E-state index contributed by atoms with van der Waals surface area (Å²) in [7, 11) is 3.03. The third-order valence-electron chi connectivity index (χ3n) is 6.68. The van der Waals surface area contributed by atoms with E-state index in [1.165, 1.54) is 37.2 Å². The second-order valence-corrected chi connectivity index (χ2v) is 9.58. The van der Waals surface area contributed by atoms with Gasteiger partial charge in [0.2, 0.25) is 0 Å². The number of benzene rings is 3. The third-order valence-corrected chi connectivity index (χ3v) is 6.68. The Morgan fingerprint density at radius 3 is 2.38 bits per heavy atom. The fraction of sp³-hybridized carbons (Fsp3) is 0.194. The monoisotopic (exact) mass is 572 g/mol. The summed E-state index contributed by atoms with van der Waals surface area (Å²) in [5.74, 6) is -0.226. The van der Waals surface area contributed by atoms with E-state index < -0.39 is 23.4 Å². The molecule has 0 aliphatic carbocycles. The van der Waals surface area contributed by atoms with E-state index in [4.69, 9.17) is 14.2 Å². The molecule has 0 aliphatic heterocycles. The van der Waals surface area contributed by atoms with E-state index in [0.29, 0.717) is 39.5 Å². The number of hydrogen-bond donors (Lipinski definition) is 2. The Kier molecular flexibility index (Phi) is 7.94. The first-order valence-corrected chi connectivity index (χ1v) is 13.1. The summed E-state index contributed by atoms with van der Waals surface area (Å²) in [6.45, 7) is 3.30. The van der Waals surface area contributed by atoms with Gasteiger partial charge in [0, 0.05) is 29.4 Å². The summed E-state index contributed by atoms with van der Waals surface area (Å²) in [6.07, 6.45) is 0.758. The highest BCUT2D eigenvalue weighted by atomic mass is 19.1. The zero-order chi connectivity index (χ0) is 30.0. The van der Waals surface area contributed by atoms with Crippen LogP contribution in [0.1, 0.15) is 23.0 Å². The molecule has 11 heteroatoms. The number of nitrogens with zero attached hydrogens (tertiary/aromatic N) is 3. The summed E-state index contributed by atoms with van der Waals surface area (Å²) in [4.78, 5) is 31.0. The van der Waals surface area contributed by atoms with Crippen LogP contribution in [0.4, 0.5) is 10.1 Å². The second kappa shape index (κ2) is 11.8. The van der Waals surface area contributed by atoms with Crippen LogP contribution in [0, 0.1) is 12.7 Å². The topological polar surface area (TPSA) is 117 Å². The molecule has 0 aliphatic rings. The zero-order valence-corrected chi connectivity index (χ0v) is 23.4. The first-order valence-electron chi connectivity index (χ1n) is 13.1. The molecule has 1 atom stereocenters. The highest BCUT2D eigenvalue weighted by Gasteiger charge is 2.25. The lowest BCUT2D eigenvalue weighted by molar-refractivity contribution is 0.102. The largest absolute Gasteiger partial charge is 0.493 e. The molecule has 216 valence electrons. The van der Waals surface area contributed by atoms with Gasteiger partial charge in [-0.1, -0.05) is 18.2 Å². The Morgan fingerprint density at radius 1 is 1.00 bits per heavy atom. The van der Waals surface area contributed by atoms with Crippen LogP contribution in [0.5, 0.6) is 23.0 Å². The Morgan fingerprint density at radius 2 is 1.71 bits per heavy atom. The normalized spacial score (nSPS) is 11.8. The number of aliphatic hydroxyl groups is 1. The van der Waals surface area contributed by atoms with Crippen molar-refractivity contribution in [2.24, 2.45) is 0 Å². The number of aliphatic hydroxyl groups excluding tert-OH is 1. The van der Waals surface area contributed by atoms with Crippen LogP contribution in [-0.4, -0.2) is 45.7 Å². The Hall–Kier alpha value is -5.16. The average molecular weight is 573 g/mol. The van der Waals surface area contributed by atoms with Gasteiger partial charge in [-0.15, -0.1) is 0 Å². The standard InChI is InChI=1S/C31H29FN4O6/c1-18(37)17-35-19(2)29(31(39)36(35)21-8-6-5-7-9-21)30(38)34-20-10-11-26(23(32)14-20)42-25-12-13-33-24-16-28(41-4)27(40-3)15-22(24)25/h5-16,18,37H,17H2,1-4H3,(H,34,38). The van der Waals surface area contributed by atoms with E-state index in [0.717, 1.165) is 6.07 Å². The molecule has 3 aromatic carbocycles. The maximum Gasteiger partial charge on any atom is 0.284 e. The van der Waals surface area contributed by atoms with Crippen LogP contribution < -0.4 is 25.1 Å². The van der Waals surface area contributed by atoms with E-state index in [-0.39, 0.29) is 23.5 Å². The van der Waals surface area contributed by atoms with E-state index >= 15 is 4.39 Å². The van der Waals surface area contributed by atoms with Crippen molar-refractivity contribution in [3.05, 3.63) is 100 Å². The molecule has 0 fully saturated rings. The van der Waals surface area contributed by atoms with Gasteiger partial charge in [0.05, 0.1) is 43.8 Å². The number of halogens is 1. The minimum absolute atomic E-state index is 0.0824. The first-order chi connectivity index (χ1) is 20.2. The molecule has 10 nitrogen and oxygen atoms in total. The summed E-state index contributed by atoms with van der Waals surface area (Å²) in [6, 6.07) is 17.8. The third kappa shape index (κ3) is 5.41. The van der Waals surface area contributed by atoms with Crippen molar-refractivity contribution in [1.29, 1.82) is 0 Å². The molecule has 2 heterocycles. The predicted octanol–water partition coefficient (Wildman–Crippen LogP) is 5.08. The molecular formula is C31H29FN4O6. The van der Waals surface area contributed by atoms with Crippen molar-refractivity contribution in [2.45, 2.75) is 26.5 Å². The van der Waals surface area contributed by atoms with Gasteiger partial charge in [-0.3, -0.25) is 19.3 Å². The number of pyridine rings is 1. The molecule has 5 aromatic rings. The van der Waals surface area contributed by atoms with Gasteiger partial charge in [0.1, 0.15) is 11.3 Å². The fourth-order valence-electron chi connectivity index (χ4n) is 4.72. The van der Waals surface area contributed by atoms with Crippen molar-refractivity contribution in [2.75, 3.05) is 19.5 Å². The quantitative estimate of drug-likeness (QED) is 0.253. The lowest BCUT2D eigenvalue weighted by Crippen LogP contribution is -2.27. The van der Waals surface area contributed by atoms with E-state index in [1.54, 1.807) is 61.0 Å². The summed E-state index contributed by atoms with van der Waals surface area (Å²) in [5.41, 5.74) is 0.913. The summed E-state index contributed by atoms with van der Waals surface area (Å²) >= 11 is 0. The zero-order valence-electron chi connectivity index (χ0n) is 23.4. The number of hydrogen-bond acceptors (Lipinski definition) is 7. The second-order valence-electron chi connectivity index (χ2n) is 9.58. The molecule has 1 unspecified atom stereocenters. The number of carbonyl (C=O) groups excluding carboxylic acids is 1. The maximum absolute atomic E-state index is 15.2. The molecule has 0 spiro atoms. The van der Waals surface area contributed by atoms with Gasteiger partial charge < -0.3 is 24.6 Å². The number of rotatable bonds is 9. The van der Waals surface area contributed by atoms with Crippen LogP contribution in [0.15, 0.2) is 77.7 Å².